The Balaban J connectivity index is 2.80. The van der Waals surface area contributed by atoms with Gasteiger partial charge in [-0.2, -0.15) is 0 Å². The number of hydrogen-bond donors (Lipinski definition) is 17. The van der Waals surface area contributed by atoms with Crippen LogP contribution in [0.1, 0.15) is 136 Å². The van der Waals surface area contributed by atoms with Gasteiger partial charge in [-0.3, -0.25) is 52.9 Å². The van der Waals surface area contributed by atoms with Gasteiger partial charge in [0.15, 0.2) is 5.96 Å². The normalized spacial score (nSPS) is 21.9. The summed E-state index contributed by atoms with van der Waals surface area (Å²) in [6.45, 7) is 8.36. The Morgan fingerprint density at radius 1 is 0.655 bits per heavy atom. The first-order valence-electron chi connectivity index (χ1n) is 29.5. The van der Waals surface area contributed by atoms with Crippen LogP contribution in [0.5, 0.6) is 0 Å². The summed E-state index contributed by atoms with van der Waals surface area (Å²) in [6.07, 6.45) is 3.20. The number of benzene rings is 1. The zero-order valence-electron chi connectivity index (χ0n) is 49.8. The molecule has 23 N–H and O–H groups in total. The Bertz CT molecular complexity index is 2270. The fourth-order valence-corrected chi connectivity index (χ4v) is 9.15. The number of amides is 10. The summed E-state index contributed by atoms with van der Waals surface area (Å²) in [6, 6.07) is -3.48. The summed E-state index contributed by atoms with van der Waals surface area (Å²) < 4.78 is 0. The van der Waals surface area contributed by atoms with Gasteiger partial charge in [-0.05, 0) is 94.8 Å². The van der Waals surface area contributed by atoms with Crippen LogP contribution in [0.3, 0.4) is 0 Å². The van der Waals surface area contributed by atoms with E-state index in [1.807, 2.05) is 0 Å². The van der Waals surface area contributed by atoms with Crippen LogP contribution < -0.4 is 87.6 Å². The van der Waals surface area contributed by atoms with Crippen LogP contribution >= 0.6 is 0 Å². The molecule has 1 aliphatic heterocycles. The van der Waals surface area contributed by atoms with Gasteiger partial charge in [0.2, 0.25) is 59.1 Å². The molecule has 0 aromatic heterocycles. The van der Waals surface area contributed by atoms with Crippen molar-refractivity contribution in [2.75, 3.05) is 39.3 Å². The number of nitrogens with one attached hydrogen (secondary N) is 10. The molecule has 84 heavy (non-hydrogen) atoms. The van der Waals surface area contributed by atoms with Crippen LogP contribution in [0, 0.1) is 11.8 Å². The van der Waals surface area contributed by atoms with E-state index >= 15 is 0 Å². The van der Waals surface area contributed by atoms with E-state index in [1.54, 1.807) is 58.0 Å². The Hall–Kier alpha value is -7.01. The van der Waals surface area contributed by atoms with E-state index in [9.17, 15) is 53.1 Å². The van der Waals surface area contributed by atoms with Gasteiger partial charge in [-0.25, -0.2) is 0 Å². The van der Waals surface area contributed by atoms with Gasteiger partial charge < -0.3 is 92.7 Å². The molecule has 1 aliphatic rings. The van der Waals surface area contributed by atoms with Crippen molar-refractivity contribution in [3.8, 4) is 0 Å². The number of aliphatic hydroxyl groups excluding tert-OH is 1. The van der Waals surface area contributed by atoms with E-state index in [0.717, 1.165) is 25.7 Å². The van der Waals surface area contributed by atoms with E-state index in [-0.39, 0.29) is 109 Å². The van der Waals surface area contributed by atoms with Crippen molar-refractivity contribution >= 4 is 65.0 Å². The number of carbonyl (C=O) groups excluding carboxylic acids is 10. The van der Waals surface area contributed by atoms with Crippen molar-refractivity contribution in [3.63, 3.8) is 0 Å². The lowest BCUT2D eigenvalue weighted by Crippen LogP contribution is -2.61. The molecule has 0 aliphatic carbocycles. The monoisotopic (exact) mass is 1190 g/mol. The second-order valence-corrected chi connectivity index (χ2v) is 22.0. The number of nitrogens with zero attached hydrogens (tertiary/aromatic N) is 1. The van der Waals surface area contributed by atoms with Crippen molar-refractivity contribution < 1.29 is 53.1 Å². The van der Waals surface area contributed by atoms with Crippen LogP contribution in [-0.4, -0.2) is 170 Å². The highest BCUT2D eigenvalue weighted by molar-refractivity contribution is 5.98. The molecule has 1 fully saturated rings. The first-order chi connectivity index (χ1) is 39.9. The Morgan fingerprint density at radius 3 is 1.80 bits per heavy atom. The van der Waals surface area contributed by atoms with Gasteiger partial charge in [-0.15, -0.1) is 0 Å². The Morgan fingerprint density at radius 2 is 1.21 bits per heavy atom. The summed E-state index contributed by atoms with van der Waals surface area (Å²) >= 11 is 0. The average Bonchev–Trinajstić information content (AvgIpc) is 3.62. The van der Waals surface area contributed by atoms with Crippen molar-refractivity contribution in [3.05, 3.63) is 35.9 Å². The van der Waals surface area contributed by atoms with Crippen molar-refractivity contribution in [1.29, 1.82) is 0 Å². The number of unbranched alkanes of at least 4 members (excludes halogenated alkanes) is 4. The minimum atomic E-state index is -1.58. The summed E-state index contributed by atoms with van der Waals surface area (Å²) in [5.74, 6) is -8.86. The highest BCUT2D eigenvalue weighted by Gasteiger charge is 2.36. The lowest BCUT2D eigenvalue weighted by Gasteiger charge is -2.28. The molecule has 1 saturated heterocycles. The third-order valence-corrected chi connectivity index (χ3v) is 13.9. The predicted octanol–water partition coefficient (Wildman–Crippen LogP) is -3.63. The second-order valence-electron chi connectivity index (χ2n) is 22.0. The number of aliphatic hydroxyl groups is 1. The fraction of sp³-hybridized carbons (Fsp3) is 0.696. The fourth-order valence-electron chi connectivity index (χ4n) is 9.15. The SMILES string of the molecule is CCCCCCC[C@@H](O)CC(=O)N[C@H](CCN)C(=O)N[C@H]1CCNC(=O)[C@H](C(C)C)NC(=O)[C@H](CCN)NC(=O)[C@H](CCN)NC(=O)[C@H](CC(C)C)NC(=O)[C@@H](Cc2ccccc2)NC(=O)[C@H](CCNC(=O)[C@@H](N)CCCN=C(N)N)NC1=O. The van der Waals surface area contributed by atoms with Crippen LogP contribution in [0.2, 0.25) is 0 Å². The molecule has 10 atom stereocenters. The quantitative estimate of drug-likeness (QED) is 0.0201. The van der Waals surface area contributed by atoms with E-state index in [0.29, 0.717) is 24.8 Å². The zero-order valence-corrected chi connectivity index (χ0v) is 49.8. The smallest absolute Gasteiger partial charge is 0.243 e. The maximum atomic E-state index is 14.8. The van der Waals surface area contributed by atoms with Gasteiger partial charge >= 0.3 is 0 Å². The van der Waals surface area contributed by atoms with E-state index in [4.69, 9.17) is 34.4 Å². The van der Waals surface area contributed by atoms with E-state index < -0.39 is 125 Å². The third kappa shape index (κ3) is 28.5. The number of guanidine groups is 1. The number of rotatable bonds is 30. The first-order valence-corrected chi connectivity index (χ1v) is 29.5. The standard InChI is InChI=1S/C56H99N17O11/c1-6-7-8-9-13-17-36(74)32-45(75)66-38(19-24-57)48(77)69-41-23-29-64-55(84)46(34(4)5)73-52(81)40(21-26-59)67-49(78)39(20-25-58)68-53(82)43(30-33(2)3)71-54(83)44(31-35-15-11-10-12-16-35)72-51(80)42(70-50(41)79)22-28-63-47(76)37(60)18-14-27-65-56(61)62/h10-12,15-16,33-34,36-44,46,74H,6-9,13-14,17-32,57-60H2,1-5H3,(H,63,76)(H,64,84)(H,66,75)(H,67,78)(H,68,82)(H,69,77)(H,70,79)(H,71,83)(H,72,80)(H,73,81)(H4,61,62,65)/t36-,37+,38-,39+,40+,41+,42+,43+,44-,46+/m1/s1. The summed E-state index contributed by atoms with van der Waals surface area (Å²) in [5, 5.41) is 37.4. The molecule has 2 rings (SSSR count). The topological polar surface area (TPSA) is 480 Å². The summed E-state index contributed by atoms with van der Waals surface area (Å²) in [5.41, 5.74) is 35.3. The number of nitrogens with two attached hydrogens (primary N) is 6. The third-order valence-electron chi connectivity index (χ3n) is 13.9. The zero-order chi connectivity index (χ0) is 62.7. The van der Waals surface area contributed by atoms with Gasteiger partial charge in [0, 0.05) is 26.1 Å². The molecule has 28 nitrogen and oxygen atoms in total. The molecular formula is C56H99N17O11. The first kappa shape index (κ1) is 73.1. The maximum Gasteiger partial charge on any atom is 0.243 e. The molecule has 0 unspecified atom stereocenters. The van der Waals surface area contributed by atoms with Crippen LogP contribution in [0.25, 0.3) is 0 Å². The highest BCUT2D eigenvalue weighted by atomic mass is 16.3. The highest BCUT2D eigenvalue weighted by Crippen LogP contribution is 2.13. The van der Waals surface area contributed by atoms with E-state index in [1.165, 1.54) is 0 Å². The van der Waals surface area contributed by atoms with Crippen molar-refractivity contribution in [1.82, 2.24) is 53.2 Å². The molecule has 0 radical (unpaired) electrons. The number of carbonyl (C=O) groups is 10. The molecule has 1 aromatic rings. The van der Waals surface area contributed by atoms with Crippen LogP contribution in [-0.2, 0) is 54.4 Å². The van der Waals surface area contributed by atoms with Crippen LogP contribution in [0.15, 0.2) is 35.3 Å². The summed E-state index contributed by atoms with van der Waals surface area (Å²) in [4.78, 5) is 145. The molecule has 0 spiro atoms. The van der Waals surface area contributed by atoms with Gasteiger partial charge in [0.25, 0.3) is 0 Å². The number of aliphatic imine (C=N–C) groups is 1. The number of hydrogen-bond acceptors (Lipinski definition) is 16. The Kier molecular flexibility index (Phi) is 35.1. The molecular weight excluding hydrogens is 1090 g/mol. The lowest BCUT2D eigenvalue weighted by molar-refractivity contribution is -0.136. The largest absolute Gasteiger partial charge is 0.393 e. The molecule has 28 heteroatoms. The molecule has 10 amide bonds. The second kappa shape index (κ2) is 40.3. The van der Waals surface area contributed by atoms with Gasteiger partial charge in [0.1, 0.15) is 48.3 Å². The van der Waals surface area contributed by atoms with E-state index in [2.05, 4.69) is 65.1 Å². The van der Waals surface area contributed by atoms with Crippen LogP contribution in [0.4, 0.5) is 0 Å². The predicted molar refractivity (Wildman–Crippen MR) is 318 cm³/mol. The maximum absolute atomic E-state index is 14.8. The molecule has 0 saturated carbocycles. The van der Waals surface area contributed by atoms with Gasteiger partial charge in [0.05, 0.1) is 18.6 Å². The summed E-state index contributed by atoms with van der Waals surface area (Å²) in [7, 11) is 0. The lowest BCUT2D eigenvalue weighted by atomic mass is 10.00. The minimum absolute atomic E-state index is 0.0519. The molecule has 474 valence electrons. The molecule has 1 heterocycles. The van der Waals surface area contributed by atoms with Crippen molar-refractivity contribution in [2.24, 2.45) is 51.2 Å². The average molecular weight is 1190 g/mol. The molecule has 0 bridgehead atoms. The molecule has 1 aromatic carbocycles. The van der Waals surface area contributed by atoms with Gasteiger partial charge in [-0.1, -0.05) is 97.1 Å². The van der Waals surface area contributed by atoms with Crippen molar-refractivity contribution in [2.45, 2.75) is 198 Å². The Labute approximate surface area is 494 Å². The minimum Gasteiger partial charge on any atom is -0.393 e.